The van der Waals surface area contributed by atoms with Crippen LogP contribution in [-0.2, 0) is 4.74 Å². The Morgan fingerprint density at radius 3 is 2.82 bits per heavy atom. The monoisotopic (exact) mass is 155 g/mol. The molecule has 0 N–H and O–H groups in total. The summed E-state index contributed by atoms with van der Waals surface area (Å²) in [4.78, 5) is 0. The van der Waals surface area contributed by atoms with Crippen molar-refractivity contribution in [2.24, 2.45) is 5.92 Å². The summed E-state index contributed by atoms with van der Waals surface area (Å²) in [5, 5.41) is 0. The van der Waals surface area contributed by atoms with Crippen LogP contribution in [-0.4, -0.2) is 6.61 Å². The fourth-order valence-corrected chi connectivity index (χ4v) is 1.05. The minimum Gasteiger partial charge on any atom is -0.375 e. The summed E-state index contributed by atoms with van der Waals surface area (Å²) in [5.41, 5.74) is 0. The normalized spacial score (nSPS) is 17.2. The molecule has 1 heteroatoms. The molecule has 1 radical (unpaired) electrons. The predicted octanol–water partition coefficient (Wildman–Crippen LogP) is 3.16. The highest BCUT2D eigenvalue weighted by molar-refractivity contribution is 4.72. The molecule has 0 atom stereocenters. The van der Waals surface area contributed by atoms with Gasteiger partial charge in [0.1, 0.15) is 0 Å². The van der Waals surface area contributed by atoms with Gasteiger partial charge in [-0.1, -0.05) is 26.2 Å². The molecular weight excluding hydrogens is 136 g/mol. The molecule has 1 fully saturated rings. The lowest BCUT2D eigenvalue weighted by molar-refractivity contribution is 0.178. The van der Waals surface area contributed by atoms with E-state index in [0.29, 0.717) is 0 Å². The van der Waals surface area contributed by atoms with Crippen molar-refractivity contribution in [1.82, 2.24) is 0 Å². The smallest absolute Gasteiger partial charge is 0.0836 e. The van der Waals surface area contributed by atoms with Gasteiger partial charge in [-0.25, -0.2) is 0 Å². The van der Waals surface area contributed by atoms with Crippen LogP contribution in [0, 0.1) is 12.5 Å². The lowest BCUT2D eigenvalue weighted by Crippen LogP contribution is -1.93. The number of hydrogen-bond acceptors (Lipinski definition) is 1. The van der Waals surface area contributed by atoms with Gasteiger partial charge in [-0.2, -0.15) is 0 Å². The molecule has 0 spiro atoms. The first-order valence-corrected chi connectivity index (χ1v) is 4.86. The van der Waals surface area contributed by atoms with Crippen LogP contribution in [0.15, 0.2) is 0 Å². The third-order valence-corrected chi connectivity index (χ3v) is 2.07. The molecule has 0 aromatic heterocycles. The van der Waals surface area contributed by atoms with Crippen molar-refractivity contribution in [3.63, 3.8) is 0 Å². The van der Waals surface area contributed by atoms with E-state index in [9.17, 15) is 0 Å². The van der Waals surface area contributed by atoms with E-state index >= 15 is 0 Å². The van der Waals surface area contributed by atoms with Crippen molar-refractivity contribution in [1.29, 1.82) is 0 Å². The molecule has 0 amide bonds. The molecule has 11 heavy (non-hydrogen) atoms. The highest BCUT2D eigenvalue weighted by Gasteiger charge is 2.20. The molecule has 0 unspecified atom stereocenters. The van der Waals surface area contributed by atoms with Gasteiger partial charge in [-0.3, -0.25) is 0 Å². The average molecular weight is 155 g/mol. The van der Waals surface area contributed by atoms with Crippen molar-refractivity contribution >= 4 is 0 Å². The number of rotatable bonds is 7. The Bertz CT molecular complexity index is 86.9. The van der Waals surface area contributed by atoms with Crippen molar-refractivity contribution in [3.8, 4) is 0 Å². The third kappa shape index (κ3) is 5.25. The molecule has 0 saturated heterocycles. The van der Waals surface area contributed by atoms with E-state index in [0.717, 1.165) is 18.9 Å². The molecule has 0 aliphatic heterocycles. The van der Waals surface area contributed by atoms with Crippen LogP contribution >= 0.6 is 0 Å². The quantitative estimate of drug-likeness (QED) is 0.513. The molecular formula is C10H19O. The first-order chi connectivity index (χ1) is 5.43. The molecule has 1 saturated carbocycles. The van der Waals surface area contributed by atoms with Crippen LogP contribution in [0.4, 0.5) is 0 Å². The lowest BCUT2D eigenvalue weighted by atomic mass is 10.2. The summed E-state index contributed by atoms with van der Waals surface area (Å²) >= 11 is 0. The second-order valence-electron chi connectivity index (χ2n) is 3.44. The van der Waals surface area contributed by atoms with Gasteiger partial charge in [-0.05, 0) is 25.2 Å². The topological polar surface area (TPSA) is 9.23 Å². The summed E-state index contributed by atoms with van der Waals surface area (Å²) < 4.78 is 5.38. The highest BCUT2D eigenvalue weighted by Crippen LogP contribution is 2.29. The maximum Gasteiger partial charge on any atom is 0.0836 e. The second kappa shape index (κ2) is 5.59. The van der Waals surface area contributed by atoms with Gasteiger partial charge in [0, 0.05) is 6.61 Å². The average Bonchev–Trinajstić information content (AvgIpc) is 2.80. The van der Waals surface area contributed by atoms with Gasteiger partial charge in [0.05, 0.1) is 6.61 Å². The molecule has 0 aromatic carbocycles. The van der Waals surface area contributed by atoms with E-state index in [-0.39, 0.29) is 0 Å². The van der Waals surface area contributed by atoms with Gasteiger partial charge >= 0.3 is 0 Å². The third-order valence-electron chi connectivity index (χ3n) is 2.07. The van der Waals surface area contributed by atoms with E-state index in [1.807, 2.05) is 6.61 Å². The Morgan fingerprint density at radius 1 is 1.36 bits per heavy atom. The zero-order valence-electron chi connectivity index (χ0n) is 7.51. The number of unbranched alkanes of at least 4 members (excludes halogenated alkanes) is 3. The van der Waals surface area contributed by atoms with E-state index in [4.69, 9.17) is 4.74 Å². The minimum absolute atomic E-state index is 0.900. The summed E-state index contributed by atoms with van der Waals surface area (Å²) in [5.74, 6) is 0.900. The molecule has 1 nitrogen and oxygen atoms in total. The van der Waals surface area contributed by atoms with E-state index in [1.54, 1.807) is 0 Å². The SMILES string of the molecule is CCCCC[CH]OCC1CC1. The fraction of sp³-hybridized carbons (Fsp3) is 0.900. The lowest BCUT2D eigenvalue weighted by Gasteiger charge is -2.00. The van der Waals surface area contributed by atoms with Gasteiger partial charge < -0.3 is 4.74 Å². The van der Waals surface area contributed by atoms with Crippen molar-refractivity contribution in [2.75, 3.05) is 6.61 Å². The summed E-state index contributed by atoms with van der Waals surface area (Å²) in [6.07, 6.45) is 7.85. The van der Waals surface area contributed by atoms with Gasteiger partial charge in [-0.15, -0.1) is 0 Å². The van der Waals surface area contributed by atoms with Crippen LogP contribution < -0.4 is 0 Å². The molecule has 65 valence electrons. The maximum absolute atomic E-state index is 5.38. The van der Waals surface area contributed by atoms with Crippen LogP contribution in [0.5, 0.6) is 0 Å². The van der Waals surface area contributed by atoms with Gasteiger partial charge in [0.15, 0.2) is 0 Å². The van der Waals surface area contributed by atoms with Crippen molar-refractivity contribution < 1.29 is 4.74 Å². The Morgan fingerprint density at radius 2 is 2.18 bits per heavy atom. The van der Waals surface area contributed by atoms with E-state index in [1.165, 1.54) is 32.1 Å². The summed E-state index contributed by atoms with van der Waals surface area (Å²) in [6.45, 7) is 5.20. The Kier molecular flexibility index (Phi) is 4.60. The first kappa shape index (κ1) is 9.05. The van der Waals surface area contributed by atoms with Crippen LogP contribution in [0.2, 0.25) is 0 Å². The minimum atomic E-state index is 0.900. The molecule has 1 aliphatic rings. The summed E-state index contributed by atoms with van der Waals surface area (Å²) in [6, 6.07) is 0. The van der Waals surface area contributed by atoms with Crippen molar-refractivity contribution in [2.45, 2.75) is 45.4 Å². The zero-order chi connectivity index (χ0) is 7.94. The zero-order valence-corrected chi connectivity index (χ0v) is 7.51. The van der Waals surface area contributed by atoms with E-state index < -0.39 is 0 Å². The predicted molar refractivity (Wildman–Crippen MR) is 47.1 cm³/mol. The molecule has 0 aromatic rings. The van der Waals surface area contributed by atoms with Crippen molar-refractivity contribution in [3.05, 3.63) is 6.61 Å². The molecule has 0 heterocycles. The maximum atomic E-state index is 5.38. The summed E-state index contributed by atoms with van der Waals surface area (Å²) in [7, 11) is 0. The molecule has 1 rings (SSSR count). The fourth-order valence-electron chi connectivity index (χ4n) is 1.05. The van der Waals surface area contributed by atoms with E-state index in [2.05, 4.69) is 6.92 Å². The Labute approximate surface area is 70.1 Å². The second-order valence-corrected chi connectivity index (χ2v) is 3.44. The van der Waals surface area contributed by atoms with Crippen LogP contribution in [0.3, 0.4) is 0 Å². The van der Waals surface area contributed by atoms with Gasteiger partial charge in [0.25, 0.3) is 0 Å². The number of hydrogen-bond donors (Lipinski definition) is 0. The molecule has 0 bridgehead atoms. The largest absolute Gasteiger partial charge is 0.375 e. The van der Waals surface area contributed by atoms with Crippen LogP contribution in [0.1, 0.15) is 45.4 Å². The van der Waals surface area contributed by atoms with Crippen LogP contribution in [0.25, 0.3) is 0 Å². The Hall–Kier alpha value is -0.0400. The van der Waals surface area contributed by atoms with Gasteiger partial charge in [0.2, 0.25) is 0 Å². The number of ether oxygens (including phenoxy) is 1. The highest BCUT2D eigenvalue weighted by atomic mass is 16.5. The first-order valence-electron chi connectivity index (χ1n) is 4.86. The Balaban J connectivity index is 1.66. The standard InChI is InChI=1S/C10H19O/c1-2-3-4-5-8-11-9-10-6-7-10/h8,10H,2-7,9H2,1H3. The molecule has 1 aliphatic carbocycles.